The number of carbonyl (C=O) groups is 1. The molecule has 0 aliphatic carbocycles. The maximum absolute atomic E-state index is 12.6. The summed E-state index contributed by atoms with van der Waals surface area (Å²) >= 11 is 0. The topological polar surface area (TPSA) is 132 Å². The van der Waals surface area contributed by atoms with Gasteiger partial charge in [-0.2, -0.15) is 0 Å². The molecule has 0 aliphatic heterocycles. The van der Waals surface area contributed by atoms with Crippen molar-refractivity contribution in [1.29, 1.82) is 0 Å². The third-order valence-electron chi connectivity index (χ3n) is 9.89. The van der Waals surface area contributed by atoms with Gasteiger partial charge < -0.3 is 24.6 Å². The number of rotatable bonds is 44. The Labute approximate surface area is 338 Å². The molecule has 0 heterocycles. The molecule has 326 valence electrons. The Morgan fingerprint density at radius 2 is 1.00 bits per heavy atom. The molecule has 0 aromatic heterocycles. The molecule has 0 saturated heterocycles. The Morgan fingerprint density at radius 3 is 1.51 bits per heavy atom. The Morgan fingerprint density at radius 1 is 0.564 bits per heavy atom. The second-order valence-corrected chi connectivity index (χ2v) is 16.9. The van der Waals surface area contributed by atoms with Crippen LogP contribution in [0, 0.1) is 0 Å². The average molecular weight is 803 g/mol. The van der Waals surface area contributed by atoms with E-state index in [1.165, 1.54) is 128 Å². The van der Waals surface area contributed by atoms with Gasteiger partial charge in [-0.05, 0) is 38.5 Å². The van der Waals surface area contributed by atoms with Gasteiger partial charge in [0.15, 0.2) is 0 Å². The van der Waals surface area contributed by atoms with E-state index in [1.54, 1.807) is 0 Å². The highest BCUT2D eigenvalue weighted by Crippen LogP contribution is 2.43. The zero-order chi connectivity index (χ0) is 40.3. The maximum atomic E-state index is 12.6. The molecule has 0 aromatic carbocycles. The van der Waals surface area contributed by atoms with Gasteiger partial charge in [0, 0.05) is 13.0 Å². The van der Waals surface area contributed by atoms with Gasteiger partial charge in [0.25, 0.3) is 0 Å². The summed E-state index contributed by atoms with van der Waals surface area (Å²) in [5, 5.41) is 18.4. The van der Waals surface area contributed by atoms with Crippen LogP contribution in [0.3, 0.4) is 0 Å². The number of phosphoric ester groups is 1. The summed E-state index contributed by atoms with van der Waals surface area (Å²) in [6.45, 7) is 3.50. The third kappa shape index (κ3) is 42.4. The number of esters is 1. The van der Waals surface area contributed by atoms with Gasteiger partial charge >= 0.3 is 13.8 Å². The molecule has 0 spiro atoms. The van der Waals surface area contributed by atoms with Crippen molar-refractivity contribution in [3.8, 4) is 0 Å². The molecule has 0 aromatic rings. The predicted molar refractivity (Wildman–Crippen MR) is 228 cm³/mol. The van der Waals surface area contributed by atoms with Crippen LogP contribution in [0.5, 0.6) is 0 Å². The van der Waals surface area contributed by atoms with Crippen molar-refractivity contribution in [2.45, 2.75) is 225 Å². The van der Waals surface area contributed by atoms with Gasteiger partial charge in [-0.25, -0.2) is 4.57 Å². The number of allylic oxidation sites excluding steroid dienone is 4. The molecule has 0 aliphatic rings. The van der Waals surface area contributed by atoms with Crippen molar-refractivity contribution >= 4 is 13.8 Å². The van der Waals surface area contributed by atoms with Crippen LogP contribution in [-0.2, 0) is 27.9 Å². The molecule has 55 heavy (non-hydrogen) atoms. The molecule has 0 bridgehead atoms. The first-order valence-corrected chi connectivity index (χ1v) is 24.3. The number of aliphatic hydroxyl groups excluding tert-OH is 2. The summed E-state index contributed by atoms with van der Waals surface area (Å²) in [5.41, 5.74) is 0. The second kappa shape index (κ2) is 42.5. The van der Waals surface area contributed by atoms with E-state index >= 15 is 0 Å². The number of hydrogen-bond donors (Lipinski definition) is 3. The fourth-order valence-electron chi connectivity index (χ4n) is 6.37. The first-order valence-electron chi connectivity index (χ1n) is 22.8. The van der Waals surface area contributed by atoms with Crippen molar-refractivity contribution in [3.63, 3.8) is 0 Å². The zero-order valence-electron chi connectivity index (χ0n) is 35.7. The van der Waals surface area contributed by atoms with E-state index in [1.807, 2.05) is 0 Å². The summed E-state index contributed by atoms with van der Waals surface area (Å²) < 4.78 is 33.4. The van der Waals surface area contributed by atoms with Crippen LogP contribution in [0.15, 0.2) is 24.3 Å². The first-order chi connectivity index (χ1) is 26.8. The van der Waals surface area contributed by atoms with E-state index in [-0.39, 0.29) is 19.6 Å². The van der Waals surface area contributed by atoms with Gasteiger partial charge in [-0.1, -0.05) is 192 Å². The summed E-state index contributed by atoms with van der Waals surface area (Å²) in [4.78, 5) is 22.6. The smallest absolute Gasteiger partial charge is 0.457 e. The second-order valence-electron chi connectivity index (χ2n) is 15.4. The molecule has 10 heteroatoms. The lowest BCUT2D eigenvalue weighted by atomic mass is 10.0. The molecule has 3 N–H and O–H groups in total. The van der Waals surface area contributed by atoms with Gasteiger partial charge in [0.1, 0.15) is 12.2 Å². The first kappa shape index (κ1) is 53.9. The van der Waals surface area contributed by atoms with Crippen molar-refractivity contribution in [2.75, 3.05) is 33.0 Å². The fraction of sp³-hybridized carbons (Fsp3) is 0.889. The average Bonchev–Trinajstić information content (AvgIpc) is 3.18. The van der Waals surface area contributed by atoms with Gasteiger partial charge in [-0.15, -0.1) is 0 Å². The van der Waals surface area contributed by atoms with Crippen molar-refractivity contribution in [2.24, 2.45) is 0 Å². The van der Waals surface area contributed by atoms with Gasteiger partial charge in [0.2, 0.25) is 0 Å². The molecule has 0 saturated carbocycles. The Bertz CT molecular complexity index is 913. The largest absolute Gasteiger partial charge is 0.472 e. The maximum Gasteiger partial charge on any atom is 0.472 e. The van der Waals surface area contributed by atoms with Crippen molar-refractivity contribution in [3.05, 3.63) is 24.3 Å². The molecular weight excluding hydrogens is 715 g/mol. The highest BCUT2D eigenvalue weighted by Gasteiger charge is 2.26. The lowest BCUT2D eigenvalue weighted by Crippen LogP contribution is -2.29. The third-order valence-corrected chi connectivity index (χ3v) is 10.8. The van der Waals surface area contributed by atoms with Crippen LogP contribution >= 0.6 is 7.82 Å². The minimum Gasteiger partial charge on any atom is -0.457 e. The Kier molecular flexibility index (Phi) is 41.7. The van der Waals surface area contributed by atoms with E-state index in [9.17, 15) is 19.4 Å². The number of phosphoric acid groups is 1. The highest BCUT2D eigenvalue weighted by molar-refractivity contribution is 7.47. The van der Waals surface area contributed by atoms with Crippen LogP contribution in [0.25, 0.3) is 0 Å². The van der Waals surface area contributed by atoms with Crippen LogP contribution in [0.2, 0.25) is 0 Å². The number of unbranched alkanes of at least 4 members (excludes halogenated alkanes) is 26. The van der Waals surface area contributed by atoms with E-state index in [0.29, 0.717) is 13.0 Å². The minimum atomic E-state index is -4.52. The summed E-state index contributed by atoms with van der Waals surface area (Å²) in [7, 11) is -4.52. The van der Waals surface area contributed by atoms with Crippen LogP contribution in [-0.4, -0.2) is 66.3 Å². The normalized spacial score (nSPS) is 14.2. The van der Waals surface area contributed by atoms with E-state index in [2.05, 4.69) is 38.2 Å². The van der Waals surface area contributed by atoms with Gasteiger partial charge in [0.05, 0.1) is 26.4 Å². The monoisotopic (exact) mass is 803 g/mol. The van der Waals surface area contributed by atoms with E-state index in [4.69, 9.17) is 23.6 Å². The molecule has 9 nitrogen and oxygen atoms in total. The highest BCUT2D eigenvalue weighted by atomic mass is 31.2. The molecular formula is C45H87O9P. The predicted octanol–water partition coefficient (Wildman–Crippen LogP) is 12.6. The Balaban J connectivity index is 4.09. The summed E-state index contributed by atoms with van der Waals surface area (Å²) in [5.74, 6) is -0.393. The number of carbonyl (C=O) groups excluding carboxylic acids is 1. The van der Waals surface area contributed by atoms with Crippen LogP contribution in [0.1, 0.15) is 213 Å². The Hall–Kier alpha value is -1.06. The number of aliphatic hydroxyl groups is 2. The van der Waals surface area contributed by atoms with E-state index in [0.717, 1.165) is 57.8 Å². The number of ether oxygens (including phenoxy) is 2. The molecule has 0 rings (SSSR count). The SMILES string of the molecule is CCCC/C=C\C/C=C\CCCCCCCC(=O)OC(COCCCCCCCCCCCCCCCCCCCCCC)COP(=O)(O)OCC(O)CO. The molecule has 0 amide bonds. The zero-order valence-corrected chi connectivity index (χ0v) is 36.6. The molecule has 0 fully saturated rings. The molecule has 0 radical (unpaired) electrons. The van der Waals surface area contributed by atoms with Gasteiger partial charge in [-0.3, -0.25) is 13.8 Å². The molecule has 3 atom stereocenters. The number of hydrogen-bond acceptors (Lipinski definition) is 8. The molecule has 3 unspecified atom stereocenters. The standard InChI is InChI=1S/C45H87O9P/c1-3-5-7-9-11-13-15-17-19-20-21-22-23-24-26-28-30-32-34-36-38-51-41-44(42-53-55(49,50)52-40-43(47)39-46)54-45(48)37-35-33-31-29-27-25-18-16-14-12-10-8-6-4-2/h10,12,16,18,43-44,46-47H,3-9,11,13-15,17,19-42H2,1-2H3,(H,49,50)/b12-10-,18-16-. The lowest BCUT2D eigenvalue weighted by molar-refractivity contribution is -0.154. The van der Waals surface area contributed by atoms with Crippen molar-refractivity contribution < 1.29 is 43.0 Å². The summed E-state index contributed by atoms with van der Waals surface area (Å²) in [6.07, 6.45) is 44.2. The van der Waals surface area contributed by atoms with Crippen LogP contribution < -0.4 is 0 Å². The lowest BCUT2D eigenvalue weighted by Gasteiger charge is -2.20. The summed E-state index contributed by atoms with van der Waals surface area (Å²) in [6, 6.07) is 0. The van der Waals surface area contributed by atoms with Crippen molar-refractivity contribution in [1.82, 2.24) is 0 Å². The van der Waals surface area contributed by atoms with E-state index < -0.39 is 39.2 Å². The minimum absolute atomic E-state index is 0.0478. The fourth-order valence-corrected chi connectivity index (χ4v) is 7.16. The van der Waals surface area contributed by atoms with Crippen LogP contribution in [0.4, 0.5) is 0 Å². The quantitative estimate of drug-likeness (QED) is 0.0238.